The number of aromatic nitrogens is 1. The van der Waals surface area contributed by atoms with Crippen LogP contribution in [0.5, 0.6) is 0 Å². The zero-order chi connectivity index (χ0) is 14.5. The molecule has 0 aliphatic rings. The molecular weight excluding hydrogens is 320 g/mol. The molecule has 0 N–H and O–H groups in total. The van der Waals surface area contributed by atoms with E-state index in [2.05, 4.69) is 20.9 Å². The molecule has 5 heteroatoms. The second-order valence-electron chi connectivity index (χ2n) is 4.07. The van der Waals surface area contributed by atoms with Crippen LogP contribution in [0.3, 0.4) is 0 Å². The lowest BCUT2D eigenvalue weighted by Gasteiger charge is -2.07. The molecule has 0 saturated carbocycles. The van der Waals surface area contributed by atoms with Gasteiger partial charge in [-0.15, -0.1) is 0 Å². The molecular formula is C15H11BrN2O2. The van der Waals surface area contributed by atoms with Crippen LogP contribution >= 0.6 is 15.9 Å². The van der Waals surface area contributed by atoms with Gasteiger partial charge in [0.05, 0.1) is 17.0 Å². The minimum atomic E-state index is -0.530. The van der Waals surface area contributed by atoms with Crippen LogP contribution in [0.2, 0.25) is 0 Å². The molecule has 100 valence electrons. The third-order valence-electron chi connectivity index (χ3n) is 2.69. The van der Waals surface area contributed by atoms with Crippen molar-refractivity contribution in [2.75, 3.05) is 6.61 Å². The summed E-state index contributed by atoms with van der Waals surface area (Å²) in [5.74, 6) is -0.530. The van der Waals surface area contributed by atoms with Crippen LogP contribution in [0.4, 0.5) is 0 Å². The maximum Gasteiger partial charge on any atom is 0.341 e. The third-order valence-corrected chi connectivity index (χ3v) is 3.19. The van der Waals surface area contributed by atoms with E-state index in [1.807, 2.05) is 24.3 Å². The SMILES string of the molecule is Cc1nc(-c2cccc(Br)c2)ccc1C(=O)OCC#N. The molecule has 0 atom stereocenters. The van der Waals surface area contributed by atoms with E-state index in [1.165, 1.54) is 0 Å². The number of nitriles is 1. The van der Waals surface area contributed by atoms with Crippen molar-refractivity contribution in [1.29, 1.82) is 5.26 Å². The summed E-state index contributed by atoms with van der Waals surface area (Å²) >= 11 is 3.41. The first kappa shape index (κ1) is 14.2. The lowest BCUT2D eigenvalue weighted by atomic mass is 10.1. The third kappa shape index (κ3) is 3.22. The van der Waals surface area contributed by atoms with Crippen LogP contribution in [-0.2, 0) is 4.74 Å². The van der Waals surface area contributed by atoms with Gasteiger partial charge >= 0.3 is 5.97 Å². The van der Waals surface area contributed by atoms with Crippen LogP contribution in [0.15, 0.2) is 40.9 Å². The topological polar surface area (TPSA) is 63.0 Å². The molecule has 0 saturated heterocycles. The van der Waals surface area contributed by atoms with Gasteiger partial charge in [0, 0.05) is 10.0 Å². The fraction of sp³-hybridized carbons (Fsp3) is 0.133. The highest BCUT2D eigenvalue weighted by molar-refractivity contribution is 9.10. The van der Waals surface area contributed by atoms with Gasteiger partial charge in [-0.3, -0.25) is 4.98 Å². The van der Waals surface area contributed by atoms with Crippen LogP contribution in [-0.4, -0.2) is 17.6 Å². The highest BCUT2D eigenvalue weighted by atomic mass is 79.9. The predicted molar refractivity (Wildman–Crippen MR) is 78.0 cm³/mol. The number of hydrogen-bond donors (Lipinski definition) is 0. The van der Waals surface area contributed by atoms with Crippen molar-refractivity contribution in [1.82, 2.24) is 4.98 Å². The maximum absolute atomic E-state index is 11.7. The number of pyridine rings is 1. The number of benzene rings is 1. The van der Waals surface area contributed by atoms with E-state index in [1.54, 1.807) is 25.1 Å². The molecule has 0 amide bonds. The first-order valence-corrected chi connectivity index (χ1v) is 6.69. The lowest BCUT2D eigenvalue weighted by molar-refractivity contribution is 0.0553. The molecule has 1 heterocycles. The number of ether oxygens (including phenoxy) is 1. The number of halogens is 1. The lowest BCUT2D eigenvalue weighted by Crippen LogP contribution is -2.08. The second kappa shape index (κ2) is 6.31. The Hall–Kier alpha value is -2.19. The summed E-state index contributed by atoms with van der Waals surface area (Å²) < 4.78 is 5.74. The molecule has 1 aromatic carbocycles. The standard InChI is InChI=1S/C15H11BrN2O2/c1-10-13(15(19)20-8-7-17)5-6-14(18-10)11-3-2-4-12(16)9-11/h2-6,9H,8H2,1H3. The molecule has 0 aliphatic carbocycles. The van der Waals surface area contributed by atoms with E-state index in [9.17, 15) is 4.79 Å². The van der Waals surface area contributed by atoms with E-state index >= 15 is 0 Å². The molecule has 0 fully saturated rings. The quantitative estimate of drug-likeness (QED) is 0.808. The number of carbonyl (C=O) groups is 1. The van der Waals surface area contributed by atoms with Crippen molar-refractivity contribution in [2.24, 2.45) is 0 Å². The van der Waals surface area contributed by atoms with Crippen LogP contribution in [0, 0.1) is 18.3 Å². The zero-order valence-electron chi connectivity index (χ0n) is 10.8. The van der Waals surface area contributed by atoms with Crippen molar-refractivity contribution < 1.29 is 9.53 Å². The number of aryl methyl sites for hydroxylation is 1. The Kier molecular flexibility index (Phi) is 4.49. The molecule has 4 nitrogen and oxygen atoms in total. The van der Waals surface area contributed by atoms with E-state index in [0.29, 0.717) is 11.3 Å². The minimum absolute atomic E-state index is 0.258. The number of carbonyl (C=O) groups excluding carboxylic acids is 1. The van der Waals surface area contributed by atoms with Gasteiger partial charge in [-0.05, 0) is 31.2 Å². The van der Waals surface area contributed by atoms with Gasteiger partial charge in [-0.2, -0.15) is 5.26 Å². The summed E-state index contributed by atoms with van der Waals surface area (Å²) in [7, 11) is 0. The first-order valence-electron chi connectivity index (χ1n) is 5.89. The van der Waals surface area contributed by atoms with E-state index < -0.39 is 5.97 Å². The van der Waals surface area contributed by atoms with E-state index in [4.69, 9.17) is 10.00 Å². The van der Waals surface area contributed by atoms with Gasteiger partial charge in [-0.25, -0.2) is 4.79 Å². The van der Waals surface area contributed by atoms with Crippen LogP contribution in [0.25, 0.3) is 11.3 Å². The number of hydrogen-bond acceptors (Lipinski definition) is 4. The number of rotatable bonds is 3. The van der Waals surface area contributed by atoms with Crippen LogP contribution in [0.1, 0.15) is 16.1 Å². The molecule has 2 rings (SSSR count). The van der Waals surface area contributed by atoms with Gasteiger partial charge in [0.1, 0.15) is 6.07 Å². The Balaban J connectivity index is 2.31. The normalized spacial score (nSPS) is 9.85. The molecule has 1 aromatic heterocycles. The maximum atomic E-state index is 11.7. The van der Waals surface area contributed by atoms with Crippen molar-refractivity contribution >= 4 is 21.9 Å². The van der Waals surface area contributed by atoms with Crippen molar-refractivity contribution in [2.45, 2.75) is 6.92 Å². The molecule has 0 spiro atoms. The van der Waals surface area contributed by atoms with E-state index in [-0.39, 0.29) is 6.61 Å². The highest BCUT2D eigenvalue weighted by Crippen LogP contribution is 2.22. The smallest absolute Gasteiger partial charge is 0.341 e. The molecule has 20 heavy (non-hydrogen) atoms. The summed E-state index contributed by atoms with van der Waals surface area (Å²) in [5, 5.41) is 8.40. The molecule has 0 radical (unpaired) electrons. The Morgan fingerprint density at radius 1 is 1.40 bits per heavy atom. The van der Waals surface area contributed by atoms with Gasteiger partial charge in [-0.1, -0.05) is 28.1 Å². The molecule has 0 aliphatic heterocycles. The Labute approximate surface area is 125 Å². The fourth-order valence-electron chi connectivity index (χ4n) is 1.76. The largest absolute Gasteiger partial charge is 0.447 e. The highest BCUT2D eigenvalue weighted by Gasteiger charge is 2.12. The average Bonchev–Trinajstić information content (AvgIpc) is 2.44. The Bertz CT molecular complexity index is 693. The Morgan fingerprint density at radius 3 is 2.85 bits per heavy atom. The summed E-state index contributed by atoms with van der Waals surface area (Å²) in [5.41, 5.74) is 2.68. The van der Waals surface area contributed by atoms with Crippen molar-refractivity contribution in [3.63, 3.8) is 0 Å². The van der Waals surface area contributed by atoms with Crippen molar-refractivity contribution in [3.8, 4) is 17.3 Å². The van der Waals surface area contributed by atoms with Gasteiger partial charge < -0.3 is 4.74 Å². The first-order chi connectivity index (χ1) is 9.61. The number of nitrogens with zero attached hydrogens (tertiary/aromatic N) is 2. The second-order valence-corrected chi connectivity index (χ2v) is 4.99. The van der Waals surface area contributed by atoms with Gasteiger partial charge in [0.2, 0.25) is 0 Å². The summed E-state index contributed by atoms with van der Waals surface area (Å²) in [6.45, 7) is 1.48. The summed E-state index contributed by atoms with van der Waals surface area (Å²) in [6.07, 6.45) is 0. The monoisotopic (exact) mass is 330 g/mol. The summed E-state index contributed by atoms with van der Waals surface area (Å²) in [4.78, 5) is 16.1. The van der Waals surface area contributed by atoms with Crippen molar-refractivity contribution in [3.05, 3.63) is 52.1 Å². The summed E-state index contributed by atoms with van der Waals surface area (Å²) in [6, 6.07) is 12.9. The predicted octanol–water partition coefficient (Wildman–Crippen LogP) is 3.50. The van der Waals surface area contributed by atoms with Gasteiger partial charge in [0.25, 0.3) is 0 Å². The van der Waals surface area contributed by atoms with Crippen LogP contribution < -0.4 is 0 Å². The van der Waals surface area contributed by atoms with E-state index in [0.717, 1.165) is 15.7 Å². The molecule has 0 unspecified atom stereocenters. The average molecular weight is 331 g/mol. The molecule has 0 bridgehead atoms. The fourth-order valence-corrected chi connectivity index (χ4v) is 2.16. The minimum Gasteiger partial charge on any atom is -0.447 e. The van der Waals surface area contributed by atoms with Gasteiger partial charge in [0.15, 0.2) is 6.61 Å². The Morgan fingerprint density at radius 2 is 2.20 bits per heavy atom. The number of esters is 1. The zero-order valence-corrected chi connectivity index (χ0v) is 12.3. The molecule has 2 aromatic rings.